The molecule has 0 amide bonds. The van der Waals surface area contributed by atoms with Crippen molar-refractivity contribution in [3.8, 4) is 10.6 Å². The van der Waals surface area contributed by atoms with Gasteiger partial charge in [0.15, 0.2) is 11.8 Å². The van der Waals surface area contributed by atoms with Crippen LogP contribution in [0.3, 0.4) is 0 Å². The van der Waals surface area contributed by atoms with Gasteiger partial charge in [-0.25, -0.2) is 4.98 Å². The first kappa shape index (κ1) is 17.7. The molecule has 0 radical (unpaired) electrons. The van der Waals surface area contributed by atoms with Crippen LogP contribution in [0.2, 0.25) is 0 Å². The first-order chi connectivity index (χ1) is 13.3. The fraction of sp³-hybridized carbons (Fsp3) is 0.174. The van der Waals surface area contributed by atoms with Gasteiger partial charge in [0.05, 0.1) is 6.26 Å². The standard InChI is InChI=1S/C23H22N2OS/c1-2-17-10-12-19(13-11-17)23-25-20(16-27-23)15-24-22(21-9-6-14-26-21)18-7-4-3-5-8-18/h3-14,16,22,24H,2,15H2,1H3/p+1/t22-/m1/s1. The molecule has 0 saturated carbocycles. The molecule has 2 N–H and O–H groups in total. The summed E-state index contributed by atoms with van der Waals surface area (Å²) in [5.41, 5.74) is 4.88. The predicted octanol–water partition coefficient (Wildman–Crippen LogP) is 4.82. The van der Waals surface area contributed by atoms with Gasteiger partial charge in [0.1, 0.15) is 17.2 Å². The highest BCUT2D eigenvalue weighted by molar-refractivity contribution is 7.13. The monoisotopic (exact) mass is 375 g/mol. The van der Waals surface area contributed by atoms with E-state index in [0.717, 1.165) is 29.4 Å². The molecule has 0 saturated heterocycles. The van der Waals surface area contributed by atoms with Crippen molar-refractivity contribution in [2.75, 3.05) is 0 Å². The van der Waals surface area contributed by atoms with Crippen LogP contribution in [-0.2, 0) is 13.0 Å². The molecule has 2 aromatic carbocycles. The van der Waals surface area contributed by atoms with Gasteiger partial charge in [0, 0.05) is 16.5 Å². The largest absolute Gasteiger partial charge is 0.463 e. The van der Waals surface area contributed by atoms with E-state index in [1.54, 1.807) is 17.6 Å². The third-order valence-electron chi connectivity index (χ3n) is 4.73. The zero-order valence-electron chi connectivity index (χ0n) is 15.3. The molecule has 0 unspecified atom stereocenters. The minimum atomic E-state index is 0.134. The molecule has 0 aliphatic heterocycles. The number of rotatable bonds is 7. The number of benzene rings is 2. The Morgan fingerprint density at radius 1 is 1.00 bits per heavy atom. The second-order valence-electron chi connectivity index (χ2n) is 6.54. The molecule has 0 aliphatic rings. The number of aromatic nitrogens is 1. The Balaban J connectivity index is 1.49. The van der Waals surface area contributed by atoms with Gasteiger partial charge < -0.3 is 9.73 Å². The number of furan rings is 1. The Bertz CT molecular complexity index is 959. The van der Waals surface area contributed by atoms with E-state index in [1.807, 2.05) is 18.2 Å². The van der Waals surface area contributed by atoms with Crippen molar-refractivity contribution in [2.24, 2.45) is 0 Å². The van der Waals surface area contributed by atoms with Crippen molar-refractivity contribution >= 4 is 11.3 Å². The van der Waals surface area contributed by atoms with Crippen LogP contribution in [0.4, 0.5) is 0 Å². The first-order valence-electron chi connectivity index (χ1n) is 9.29. The lowest BCUT2D eigenvalue weighted by Crippen LogP contribution is -2.83. The van der Waals surface area contributed by atoms with E-state index in [4.69, 9.17) is 9.40 Å². The summed E-state index contributed by atoms with van der Waals surface area (Å²) in [6.07, 6.45) is 2.80. The predicted molar refractivity (Wildman–Crippen MR) is 110 cm³/mol. The van der Waals surface area contributed by atoms with Gasteiger partial charge in [0.25, 0.3) is 0 Å². The van der Waals surface area contributed by atoms with Crippen LogP contribution in [0.1, 0.15) is 35.5 Å². The highest BCUT2D eigenvalue weighted by atomic mass is 32.1. The number of nitrogens with two attached hydrogens (primary N) is 1. The van der Waals surface area contributed by atoms with E-state index >= 15 is 0 Å². The number of aryl methyl sites for hydroxylation is 1. The topological polar surface area (TPSA) is 42.6 Å². The molecule has 0 fully saturated rings. The van der Waals surface area contributed by atoms with Crippen molar-refractivity contribution in [1.82, 2.24) is 4.98 Å². The molecule has 2 aromatic heterocycles. The normalized spacial score (nSPS) is 12.2. The molecular formula is C23H23N2OS+. The SMILES string of the molecule is CCc1ccc(-c2nc(C[NH2+][C@H](c3ccccc3)c3ccco3)cs2)cc1. The average Bonchev–Trinajstić information content (AvgIpc) is 3.42. The van der Waals surface area contributed by atoms with Crippen molar-refractivity contribution in [3.05, 3.63) is 101 Å². The third kappa shape index (κ3) is 4.18. The zero-order chi connectivity index (χ0) is 18.5. The molecule has 1 atom stereocenters. The van der Waals surface area contributed by atoms with Crippen molar-refractivity contribution in [3.63, 3.8) is 0 Å². The molecule has 4 aromatic rings. The van der Waals surface area contributed by atoms with Crippen LogP contribution in [0.25, 0.3) is 10.6 Å². The number of hydrogen-bond acceptors (Lipinski definition) is 3. The number of nitrogens with zero attached hydrogens (tertiary/aromatic N) is 1. The minimum Gasteiger partial charge on any atom is -0.463 e. The molecule has 0 spiro atoms. The molecule has 2 heterocycles. The van der Waals surface area contributed by atoms with Gasteiger partial charge in [-0.05, 0) is 24.1 Å². The summed E-state index contributed by atoms with van der Waals surface area (Å²) in [5, 5.41) is 5.52. The maximum absolute atomic E-state index is 5.69. The quantitative estimate of drug-likeness (QED) is 0.503. The Kier molecular flexibility index (Phi) is 5.47. The first-order valence-corrected chi connectivity index (χ1v) is 10.2. The van der Waals surface area contributed by atoms with Gasteiger partial charge in [-0.2, -0.15) is 0 Å². The van der Waals surface area contributed by atoms with Crippen LogP contribution < -0.4 is 5.32 Å². The van der Waals surface area contributed by atoms with Crippen LogP contribution in [0, 0.1) is 0 Å². The zero-order valence-corrected chi connectivity index (χ0v) is 16.2. The van der Waals surface area contributed by atoms with E-state index in [9.17, 15) is 0 Å². The Morgan fingerprint density at radius 3 is 2.52 bits per heavy atom. The summed E-state index contributed by atoms with van der Waals surface area (Å²) < 4.78 is 5.69. The lowest BCUT2D eigenvalue weighted by Gasteiger charge is -2.13. The third-order valence-corrected chi connectivity index (χ3v) is 5.67. The van der Waals surface area contributed by atoms with Crippen LogP contribution in [0.15, 0.2) is 82.8 Å². The summed E-state index contributed by atoms with van der Waals surface area (Å²) in [6.45, 7) is 2.98. The van der Waals surface area contributed by atoms with Crippen molar-refractivity contribution in [2.45, 2.75) is 25.9 Å². The van der Waals surface area contributed by atoms with Crippen molar-refractivity contribution < 1.29 is 9.73 Å². The number of hydrogen-bond donors (Lipinski definition) is 1. The lowest BCUT2D eigenvalue weighted by molar-refractivity contribution is -0.704. The molecular weight excluding hydrogens is 352 g/mol. The Hall–Kier alpha value is -2.69. The van der Waals surface area contributed by atoms with Gasteiger partial charge in [-0.3, -0.25) is 0 Å². The molecule has 136 valence electrons. The molecule has 4 rings (SSSR count). The van der Waals surface area contributed by atoms with E-state index < -0.39 is 0 Å². The summed E-state index contributed by atoms with van der Waals surface area (Å²) >= 11 is 1.71. The van der Waals surface area contributed by atoms with Gasteiger partial charge in [-0.15, -0.1) is 11.3 Å². The Labute approximate surface area is 163 Å². The summed E-state index contributed by atoms with van der Waals surface area (Å²) in [6, 6.07) is 23.3. The maximum Gasteiger partial charge on any atom is 0.170 e. The second-order valence-corrected chi connectivity index (χ2v) is 7.40. The Morgan fingerprint density at radius 2 is 1.81 bits per heavy atom. The lowest BCUT2D eigenvalue weighted by atomic mass is 10.0. The van der Waals surface area contributed by atoms with E-state index in [-0.39, 0.29) is 6.04 Å². The van der Waals surface area contributed by atoms with Crippen LogP contribution in [0.5, 0.6) is 0 Å². The molecule has 3 nitrogen and oxygen atoms in total. The van der Waals surface area contributed by atoms with Crippen molar-refractivity contribution in [1.29, 1.82) is 0 Å². The average molecular weight is 376 g/mol. The molecule has 4 heteroatoms. The fourth-order valence-electron chi connectivity index (χ4n) is 3.20. The molecule has 0 aliphatic carbocycles. The van der Waals surface area contributed by atoms with Gasteiger partial charge in [0.2, 0.25) is 0 Å². The van der Waals surface area contributed by atoms with Crippen LogP contribution >= 0.6 is 11.3 Å². The van der Waals surface area contributed by atoms with E-state index in [0.29, 0.717) is 0 Å². The summed E-state index contributed by atoms with van der Waals surface area (Å²) in [7, 11) is 0. The highest BCUT2D eigenvalue weighted by Gasteiger charge is 2.20. The fourth-order valence-corrected chi connectivity index (χ4v) is 4.04. The second kappa shape index (κ2) is 8.33. The maximum atomic E-state index is 5.69. The molecule has 27 heavy (non-hydrogen) atoms. The number of thiazole rings is 1. The number of quaternary nitrogens is 1. The minimum absolute atomic E-state index is 0.134. The highest BCUT2D eigenvalue weighted by Crippen LogP contribution is 2.24. The van der Waals surface area contributed by atoms with Gasteiger partial charge in [-0.1, -0.05) is 61.5 Å². The molecule has 0 bridgehead atoms. The summed E-state index contributed by atoms with van der Waals surface area (Å²) in [4.78, 5) is 4.84. The van der Waals surface area contributed by atoms with Crippen LogP contribution in [-0.4, -0.2) is 4.98 Å². The smallest absolute Gasteiger partial charge is 0.170 e. The van der Waals surface area contributed by atoms with E-state index in [1.165, 1.54) is 16.7 Å². The summed E-state index contributed by atoms with van der Waals surface area (Å²) in [5.74, 6) is 0.965. The van der Waals surface area contributed by atoms with E-state index in [2.05, 4.69) is 66.2 Å². The van der Waals surface area contributed by atoms with Gasteiger partial charge >= 0.3 is 0 Å².